The number of hydrogen-bond acceptors (Lipinski definition) is 1. The van der Waals surface area contributed by atoms with Gasteiger partial charge in [0.25, 0.3) is 0 Å². The van der Waals surface area contributed by atoms with E-state index < -0.39 is 0 Å². The van der Waals surface area contributed by atoms with Crippen molar-refractivity contribution in [2.75, 3.05) is 0 Å². The van der Waals surface area contributed by atoms with Crippen LogP contribution in [0.2, 0.25) is 0 Å². The van der Waals surface area contributed by atoms with E-state index in [0.717, 1.165) is 0 Å². The lowest BCUT2D eigenvalue weighted by atomic mass is 10.0. The molecule has 0 aliphatic heterocycles. The average molecular weight is 717 g/mol. The topological polar surface area (TPSA) is 9.86 Å². The smallest absolute Gasteiger partial charge is 0.0555 e. The van der Waals surface area contributed by atoms with E-state index in [1.54, 1.807) is 0 Å². The lowest BCUT2D eigenvalue weighted by Gasteiger charge is -2.11. The highest BCUT2D eigenvalue weighted by Crippen LogP contribution is 2.43. The van der Waals surface area contributed by atoms with Crippen LogP contribution in [-0.4, -0.2) is 9.13 Å². The summed E-state index contributed by atoms with van der Waals surface area (Å²) in [5, 5.41) is 10.1. The van der Waals surface area contributed by atoms with Crippen LogP contribution in [0.15, 0.2) is 194 Å². The summed E-state index contributed by atoms with van der Waals surface area (Å²) in [6.07, 6.45) is 0. The van der Waals surface area contributed by atoms with Gasteiger partial charge in [0.1, 0.15) is 0 Å². The van der Waals surface area contributed by atoms with Crippen LogP contribution in [0.25, 0.3) is 108 Å². The van der Waals surface area contributed by atoms with Gasteiger partial charge in [-0.05, 0) is 106 Å². The third kappa shape index (κ3) is 4.60. The Morgan fingerprint density at radius 2 is 0.891 bits per heavy atom. The molecule has 0 atom stereocenters. The van der Waals surface area contributed by atoms with Crippen LogP contribution >= 0.6 is 11.3 Å². The Hall–Kier alpha value is -6.94. The molecule has 12 rings (SSSR count). The van der Waals surface area contributed by atoms with Gasteiger partial charge in [0.05, 0.1) is 27.8 Å². The predicted molar refractivity (Wildman–Crippen MR) is 236 cm³/mol. The zero-order valence-electron chi connectivity index (χ0n) is 29.8. The van der Waals surface area contributed by atoms with Crippen molar-refractivity contribution in [1.82, 2.24) is 9.13 Å². The van der Waals surface area contributed by atoms with E-state index >= 15 is 0 Å². The predicted octanol–water partition coefficient (Wildman–Crippen LogP) is 14.7. The van der Waals surface area contributed by atoms with E-state index in [2.05, 4.69) is 203 Å². The molecule has 0 amide bonds. The van der Waals surface area contributed by atoms with Crippen molar-refractivity contribution in [2.45, 2.75) is 0 Å². The van der Waals surface area contributed by atoms with Gasteiger partial charge in [0.2, 0.25) is 0 Å². The first-order chi connectivity index (χ1) is 27.3. The van der Waals surface area contributed by atoms with Crippen LogP contribution in [-0.2, 0) is 0 Å². The number of para-hydroxylation sites is 2. The Kier molecular flexibility index (Phi) is 6.54. The maximum Gasteiger partial charge on any atom is 0.0555 e. The quantitative estimate of drug-likeness (QED) is 0.172. The molecule has 12 aromatic rings. The molecule has 0 fully saturated rings. The summed E-state index contributed by atoms with van der Waals surface area (Å²) in [6, 6.07) is 71.5. The molecule has 55 heavy (non-hydrogen) atoms. The van der Waals surface area contributed by atoms with Gasteiger partial charge in [-0.25, -0.2) is 0 Å². The largest absolute Gasteiger partial charge is 0.309 e. The highest BCUT2D eigenvalue weighted by Gasteiger charge is 2.19. The fourth-order valence-electron chi connectivity index (χ4n) is 8.96. The first-order valence-electron chi connectivity index (χ1n) is 18.8. The fourth-order valence-corrected chi connectivity index (χ4v) is 10.1. The van der Waals surface area contributed by atoms with Gasteiger partial charge in [0.15, 0.2) is 0 Å². The molecule has 3 heterocycles. The Balaban J connectivity index is 1.04. The minimum absolute atomic E-state index is 1.18. The van der Waals surface area contributed by atoms with E-state index in [0.29, 0.717) is 0 Å². The Morgan fingerprint density at radius 1 is 0.309 bits per heavy atom. The molecule has 0 bridgehead atoms. The van der Waals surface area contributed by atoms with Gasteiger partial charge in [-0.15, -0.1) is 11.3 Å². The lowest BCUT2D eigenvalue weighted by Crippen LogP contribution is -1.94. The Labute approximate surface area is 321 Å². The van der Waals surface area contributed by atoms with E-state index in [4.69, 9.17) is 0 Å². The molecule has 0 radical (unpaired) electrons. The van der Waals surface area contributed by atoms with E-state index in [-0.39, 0.29) is 0 Å². The molecule has 3 aromatic heterocycles. The minimum atomic E-state index is 1.18. The molecule has 256 valence electrons. The van der Waals surface area contributed by atoms with Gasteiger partial charge < -0.3 is 9.13 Å². The molecule has 2 nitrogen and oxygen atoms in total. The number of hydrogen-bond donors (Lipinski definition) is 0. The molecule has 0 saturated heterocycles. The van der Waals surface area contributed by atoms with Crippen LogP contribution in [0, 0.1) is 0 Å². The zero-order valence-corrected chi connectivity index (χ0v) is 30.6. The van der Waals surface area contributed by atoms with Gasteiger partial charge in [-0.1, -0.05) is 121 Å². The van der Waals surface area contributed by atoms with Crippen molar-refractivity contribution in [1.29, 1.82) is 0 Å². The average Bonchev–Trinajstić information content (AvgIpc) is 3.91. The molecule has 0 saturated carbocycles. The first-order valence-corrected chi connectivity index (χ1v) is 19.7. The third-order valence-corrected chi connectivity index (χ3v) is 12.6. The van der Waals surface area contributed by atoms with Crippen molar-refractivity contribution < 1.29 is 0 Å². The number of thiophene rings is 1. The van der Waals surface area contributed by atoms with Crippen LogP contribution in [0.3, 0.4) is 0 Å². The molecule has 0 aliphatic carbocycles. The highest BCUT2D eigenvalue weighted by molar-refractivity contribution is 7.25. The summed E-state index contributed by atoms with van der Waals surface area (Å²) in [6.45, 7) is 0. The van der Waals surface area contributed by atoms with Crippen LogP contribution in [0.5, 0.6) is 0 Å². The number of aromatic nitrogens is 2. The van der Waals surface area contributed by atoms with Gasteiger partial charge in [-0.3, -0.25) is 0 Å². The standard InChI is InChI=1S/C52H32N2S/c1-2-11-33(12-3-1)36-24-28-50-44(32-36)52-49(19-10-20-51(52)55-50)54-46-18-9-7-16-41(46)43-31-38(23-27-48(43)54)37-22-26-47-42(30-37)40-15-6-8-17-45(40)53(47)39-25-21-34-13-4-5-14-35(34)29-39/h1-32H. The summed E-state index contributed by atoms with van der Waals surface area (Å²) in [5.74, 6) is 0. The van der Waals surface area contributed by atoms with E-state index in [1.807, 2.05) is 11.3 Å². The van der Waals surface area contributed by atoms with E-state index in [9.17, 15) is 0 Å². The van der Waals surface area contributed by atoms with Crippen molar-refractivity contribution in [3.63, 3.8) is 0 Å². The molecule has 0 aliphatic rings. The number of rotatable bonds is 4. The zero-order chi connectivity index (χ0) is 36.0. The lowest BCUT2D eigenvalue weighted by molar-refractivity contribution is 1.19. The monoisotopic (exact) mass is 716 g/mol. The van der Waals surface area contributed by atoms with E-state index in [1.165, 1.54) is 108 Å². The normalized spacial score (nSPS) is 12.0. The molecular weight excluding hydrogens is 685 g/mol. The SMILES string of the molecule is c1ccc(-c2ccc3sc4cccc(-n5c6ccccc6c6cc(-c7ccc8c(c7)c7ccccc7n8-c7ccc8ccccc8c7)ccc65)c4c3c2)cc1. The maximum absolute atomic E-state index is 2.48. The third-order valence-electron chi connectivity index (χ3n) is 11.5. The van der Waals surface area contributed by atoms with Gasteiger partial charge >= 0.3 is 0 Å². The molecular formula is C52H32N2S. The summed E-state index contributed by atoms with van der Waals surface area (Å²) < 4.78 is 7.51. The molecule has 0 spiro atoms. The van der Waals surface area contributed by atoms with Gasteiger partial charge in [0, 0.05) is 47.4 Å². The molecule has 3 heteroatoms. The summed E-state index contributed by atoms with van der Waals surface area (Å²) in [5.41, 5.74) is 12.2. The van der Waals surface area contributed by atoms with Crippen LogP contribution < -0.4 is 0 Å². The Morgan fingerprint density at radius 3 is 1.65 bits per heavy atom. The highest BCUT2D eigenvalue weighted by atomic mass is 32.1. The summed E-state index contributed by atoms with van der Waals surface area (Å²) in [7, 11) is 0. The van der Waals surface area contributed by atoms with Crippen molar-refractivity contribution in [3.8, 4) is 33.6 Å². The molecule has 9 aromatic carbocycles. The fraction of sp³-hybridized carbons (Fsp3) is 0. The van der Waals surface area contributed by atoms with Gasteiger partial charge in [-0.2, -0.15) is 0 Å². The number of nitrogens with zero attached hydrogens (tertiary/aromatic N) is 2. The minimum Gasteiger partial charge on any atom is -0.309 e. The second-order valence-corrected chi connectivity index (χ2v) is 15.6. The summed E-state index contributed by atoms with van der Waals surface area (Å²) in [4.78, 5) is 0. The second kappa shape index (κ2) is 11.8. The molecule has 0 N–H and O–H groups in total. The Bertz CT molecular complexity index is 3490. The number of fused-ring (bicyclic) bond motifs is 10. The maximum atomic E-state index is 2.48. The van der Waals surface area contributed by atoms with Crippen molar-refractivity contribution in [2.24, 2.45) is 0 Å². The molecule has 0 unspecified atom stereocenters. The first kappa shape index (κ1) is 30.5. The van der Waals surface area contributed by atoms with Crippen LogP contribution in [0.1, 0.15) is 0 Å². The van der Waals surface area contributed by atoms with Crippen molar-refractivity contribution in [3.05, 3.63) is 194 Å². The second-order valence-electron chi connectivity index (χ2n) is 14.5. The van der Waals surface area contributed by atoms with Crippen molar-refractivity contribution >= 4 is 85.9 Å². The number of benzene rings is 9. The summed E-state index contributed by atoms with van der Waals surface area (Å²) >= 11 is 1.87. The van der Waals surface area contributed by atoms with Crippen LogP contribution in [0.4, 0.5) is 0 Å².